The van der Waals surface area contributed by atoms with Gasteiger partial charge in [0.05, 0.1) is 4.47 Å². The third-order valence-corrected chi connectivity index (χ3v) is 8.27. The number of amides is 2. The van der Waals surface area contributed by atoms with E-state index in [2.05, 4.69) is 21.2 Å². The van der Waals surface area contributed by atoms with Crippen molar-refractivity contribution in [3.8, 4) is 5.75 Å². The van der Waals surface area contributed by atoms with Crippen LogP contribution in [0.25, 0.3) is 10.8 Å². The van der Waals surface area contributed by atoms with E-state index in [-0.39, 0.29) is 25.1 Å². The predicted octanol–water partition coefficient (Wildman–Crippen LogP) is 6.82. The van der Waals surface area contributed by atoms with Crippen LogP contribution in [-0.2, 0) is 22.6 Å². The minimum atomic E-state index is -0.834. The summed E-state index contributed by atoms with van der Waals surface area (Å²) in [6, 6.07) is 26.8. The highest BCUT2D eigenvalue weighted by atomic mass is 79.9. The Kier molecular flexibility index (Phi) is 9.12. The lowest BCUT2D eigenvalue weighted by atomic mass is 10.0. The van der Waals surface area contributed by atoms with Gasteiger partial charge in [-0.25, -0.2) is 4.39 Å². The molecule has 1 N–H and O–H groups in total. The molecule has 4 aromatic carbocycles. The molecule has 206 valence electrons. The van der Waals surface area contributed by atoms with Gasteiger partial charge >= 0.3 is 0 Å². The molecule has 7 heteroatoms. The van der Waals surface area contributed by atoms with Crippen molar-refractivity contribution in [3.63, 3.8) is 0 Å². The van der Waals surface area contributed by atoms with E-state index < -0.39 is 17.8 Å². The molecule has 5 rings (SSSR count). The minimum absolute atomic E-state index is 0.0522. The third-order valence-electron chi connectivity index (χ3n) is 7.45. The molecule has 1 aliphatic carbocycles. The van der Waals surface area contributed by atoms with Crippen molar-refractivity contribution in [2.45, 2.75) is 50.7 Å². The first-order valence-corrected chi connectivity index (χ1v) is 14.5. The molecule has 1 atom stereocenters. The van der Waals surface area contributed by atoms with Crippen molar-refractivity contribution in [2.75, 3.05) is 6.61 Å². The molecule has 0 aromatic heterocycles. The number of rotatable bonds is 10. The highest BCUT2D eigenvalue weighted by Crippen LogP contribution is 2.33. The van der Waals surface area contributed by atoms with Crippen LogP contribution >= 0.6 is 15.9 Å². The number of carbonyl (C=O) groups is 2. The van der Waals surface area contributed by atoms with E-state index in [1.54, 1.807) is 18.2 Å². The van der Waals surface area contributed by atoms with E-state index in [1.165, 1.54) is 11.0 Å². The first kappa shape index (κ1) is 27.8. The lowest BCUT2D eigenvalue weighted by molar-refractivity contribution is -0.143. The number of nitrogens with zero attached hydrogens (tertiary/aromatic N) is 1. The van der Waals surface area contributed by atoms with Crippen molar-refractivity contribution < 1.29 is 18.7 Å². The van der Waals surface area contributed by atoms with Crippen LogP contribution in [0.4, 0.5) is 4.39 Å². The number of carbonyl (C=O) groups excluding carboxylic acids is 2. The maximum absolute atomic E-state index is 14.8. The van der Waals surface area contributed by atoms with Gasteiger partial charge in [0.25, 0.3) is 5.91 Å². The fourth-order valence-electron chi connectivity index (χ4n) is 5.28. The van der Waals surface area contributed by atoms with Crippen molar-refractivity contribution in [1.82, 2.24) is 10.2 Å². The third kappa shape index (κ3) is 6.70. The summed E-state index contributed by atoms with van der Waals surface area (Å²) in [6.07, 6.45) is 4.29. The zero-order valence-corrected chi connectivity index (χ0v) is 23.8. The number of hydrogen-bond acceptors (Lipinski definition) is 3. The van der Waals surface area contributed by atoms with Crippen LogP contribution in [0.1, 0.15) is 36.8 Å². The van der Waals surface area contributed by atoms with Crippen molar-refractivity contribution in [2.24, 2.45) is 0 Å². The van der Waals surface area contributed by atoms with E-state index in [9.17, 15) is 14.0 Å². The van der Waals surface area contributed by atoms with E-state index in [0.29, 0.717) is 17.7 Å². The first-order chi connectivity index (χ1) is 19.5. The number of benzene rings is 4. The molecule has 5 nitrogen and oxygen atoms in total. The lowest BCUT2D eigenvalue weighted by Gasteiger charge is -2.32. The van der Waals surface area contributed by atoms with Crippen LogP contribution in [0.3, 0.4) is 0 Å². The number of ether oxygens (including phenoxy) is 1. The average molecular weight is 604 g/mol. The number of hydrogen-bond donors (Lipinski definition) is 1. The summed E-state index contributed by atoms with van der Waals surface area (Å²) in [4.78, 5) is 29.1. The van der Waals surface area contributed by atoms with Crippen LogP contribution < -0.4 is 10.1 Å². The second-order valence-corrected chi connectivity index (χ2v) is 11.0. The van der Waals surface area contributed by atoms with E-state index in [4.69, 9.17) is 4.74 Å². The Hall–Kier alpha value is -3.71. The van der Waals surface area contributed by atoms with Crippen LogP contribution in [0.15, 0.2) is 95.5 Å². The van der Waals surface area contributed by atoms with Gasteiger partial charge in [-0.1, -0.05) is 91.7 Å². The van der Waals surface area contributed by atoms with Gasteiger partial charge in [0.1, 0.15) is 17.6 Å². The summed E-state index contributed by atoms with van der Waals surface area (Å²) in [5.74, 6) is -0.529. The highest BCUT2D eigenvalue weighted by molar-refractivity contribution is 9.10. The van der Waals surface area contributed by atoms with Gasteiger partial charge in [-0.15, -0.1) is 0 Å². The standard InChI is InChI=1S/C33H32BrFN2O3/c34-32-27-16-8-4-12-24(27)18-19-30(32)40-22-31(38)37(21-25-13-5-9-17-28(25)35)29(20-23-10-2-1-3-11-23)33(39)36-26-14-6-7-15-26/h1-5,8-13,16-19,26,29H,6-7,14-15,20-22H2,(H,36,39)/t29-/m0/s1. The molecule has 0 heterocycles. The molecule has 0 spiro atoms. The molecule has 4 aromatic rings. The van der Waals surface area contributed by atoms with Crippen molar-refractivity contribution in [3.05, 3.63) is 112 Å². The first-order valence-electron chi connectivity index (χ1n) is 13.7. The lowest BCUT2D eigenvalue weighted by Crippen LogP contribution is -2.53. The largest absolute Gasteiger partial charge is 0.483 e. The SMILES string of the molecule is O=C(NC1CCCC1)[C@H](Cc1ccccc1)N(Cc1ccccc1F)C(=O)COc1ccc2ccccc2c1Br. The van der Waals surface area contributed by atoms with E-state index >= 15 is 0 Å². The molecule has 1 aliphatic rings. The van der Waals surface area contributed by atoms with E-state index in [0.717, 1.165) is 46.5 Å². The topological polar surface area (TPSA) is 58.6 Å². The number of fused-ring (bicyclic) bond motifs is 1. The predicted molar refractivity (Wildman–Crippen MR) is 158 cm³/mol. The Morgan fingerprint density at radius 3 is 2.40 bits per heavy atom. The number of halogens is 2. The van der Waals surface area contributed by atoms with Crippen LogP contribution in [0.5, 0.6) is 5.75 Å². The van der Waals surface area contributed by atoms with Gasteiger partial charge in [0.15, 0.2) is 6.61 Å². The fraction of sp³-hybridized carbons (Fsp3) is 0.273. The molecule has 0 saturated heterocycles. The highest BCUT2D eigenvalue weighted by Gasteiger charge is 2.33. The monoisotopic (exact) mass is 602 g/mol. The molecular weight excluding hydrogens is 571 g/mol. The van der Waals surface area contributed by atoms with Gasteiger partial charge in [-0.3, -0.25) is 9.59 Å². The Labute approximate surface area is 242 Å². The Bertz CT molecular complexity index is 1470. The molecule has 40 heavy (non-hydrogen) atoms. The van der Waals surface area contributed by atoms with Crippen LogP contribution in [-0.4, -0.2) is 35.4 Å². The second-order valence-electron chi connectivity index (χ2n) is 10.2. The zero-order chi connectivity index (χ0) is 27.9. The maximum atomic E-state index is 14.8. The molecule has 0 radical (unpaired) electrons. The summed E-state index contributed by atoms with van der Waals surface area (Å²) >= 11 is 3.61. The molecule has 0 bridgehead atoms. The average Bonchev–Trinajstić information content (AvgIpc) is 3.49. The van der Waals surface area contributed by atoms with Gasteiger partial charge in [-0.2, -0.15) is 0 Å². The Balaban J connectivity index is 1.44. The van der Waals surface area contributed by atoms with Crippen molar-refractivity contribution in [1.29, 1.82) is 0 Å². The molecule has 2 amide bonds. The summed E-state index contributed by atoms with van der Waals surface area (Å²) < 4.78 is 21.6. The van der Waals surface area contributed by atoms with Gasteiger partial charge < -0.3 is 15.0 Å². The fourth-order valence-corrected chi connectivity index (χ4v) is 5.89. The Morgan fingerprint density at radius 1 is 0.925 bits per heavy atom. The van der Waals surface area contributed by atoms with Gasteiger partial charge in [0, 0.05) is 24.6 Å². The van der Waals surface area contributed by atoms with Gasteiger partial charge in [0.2, 0.25) is 5.91 Å². The zero-order valence-electron chi connectivity index (χ0n) is 22.2. The molecule has 0 unspecified atom stereocenters. The maximum Gasteiger partial charge on any atom is 0.261 e. The summed E-state index contributed by atoms with van der Waals surface area (Å²) in [6.45, 7) is -0.350. The molecule has 0 aliphatic heterocycles. The summed E-state index contributed by atoms with van der Waals surface area (Å²) in [5, 5.41) is 5.17. The minimum Gasteiger partial charge on any atom is -0.483 e. The number of nitrogens with one attached hydrogen (secondary N) is 1. The smallest absolute Gasteiger partial charge is 0.261 e. The molecule has 1 saturated carbocycles. The van der Waals surface area contributed by atoms with Gasteiger partial charge in [-0.05, 0) is 57.2 Å². The Morgan fingerprint density at radius 2 is 1.62 bits per heavy atom. The van der Waals surface area contributed by atoms with Crippen LogP contribution in [0, 0.1) is 5.82 Å². The summed E-state index contributed by atoms with van der Waals surface area (Å²) in [5.41, 5.74) is 1.26. The van der Waals surface area contributed by atoms with E-state index in [1.807, 2.05) is 66.7 Å². The normalized spacial score (nSPS) is 14.2. The molecular formula is C33H32BrFN2O3. The van der Waals surface area contributed by atoms with Crippen molar-refractivity contribution >= 4 is 38.5 Å². The summed E-state index contributed by atoms with van der Waals surface area (Å²) in [7, 11) is 0. The quantitative estimate of drug-likeness (QED) is 0.217. The van der Waals surface area contributed by atoms with Crippen LogP contribution in [0.2, 0.25) is 0 Å². The second kappa shape index (κ2) is 13.1. The molecule has 1 fully saturated rings.